The van der Waals surface area contributed by atoms with Crippen molar-refractivity contribution in [2.24, 2.45) is 5.41 Å². The first-order chi connectivity index (χ1) is 13.9. The molecule has 0 aliphatic carbocycles. The van der Waals surface area contributed by atoms with Crippen LogP contribution in [-0.4, -0.2) is 32.6 Å². The highest BCUT2D eigenvalue weighted by Gasteiger charge is 2.32. The number of fused-ring (bicyclic) bond motifs is 1. The van der Waals surface area contributed by atoms with Crippen LogP contribution >= 0.6 is 22.9 Å². The maximum absolute atomic E-state index is 12.3. The van der Waals surface area contributed by atoms with Gasteiger partial charge in [0.2, 0.25) is 5.82 Å². The van der Waals surface area contributed by atoms with E-state index in [1.165, 1.54) is 7.11 Å². The van der Waals surface area contributed by atoms with Crippen LogP contribution in [0, 0.1) is 17.3 Å². The molecule has 0 aliphatic rings. The standard InChI is InChI=1S/C21H23ClN4O2S/c1-5-6-7-8-11-15-23-17(22)16-19(24-15)26(13-21(2,3)20(27)28-4)18(25-16)14-10-9-12-29-14/h9-10,12H,5-7,13H2,1-4H3. The molecule has 0 saturated carbocycles. The monoisotopic (exact) mass is 430 g/mol. The zero-order valence-electron chi connectivity index (χ0n) is 17.0. The number of imidazole rings is 1. The minimum atomic E-state index is -0.779. The average Bonchev–Trinajstić information content (AvgIpc) is 3.33. The Hall–Kier alpha value is -2.43. The van der Waals surface area contributed by atoms with Crippen molar-refractivity contribution >= 4 is 40.1 Å². The fourth-order valence-corrected chi connectivity index (χ4v) is 3.84. The Morgan fingerprint density at radius 2 is 2.14 bits per heavy atom. The van der Waals surface area contributed by atoms with Gasteiger partial charge in [-0.05, 0) is 37.6 Å². The van der Waals surface area contributed by atoms with Crippen molar-refractivity contribution in [1.29, 1.82) is 0 Å². The smallest absolute Gasteiger partial charge is 0.313 e. The second-order valence-electron chi connectivity index (χ2n) is 7.29. The summed E-state index contributed by atoms with van der Waals surface area (Å²) in [6.45, 7) is 6.11. The SMILES string of the molecule is CCCCC#Cc1nc(Cl)c2nc(-c3cccs3)n(CC(C)(C)C(=O)OC)c2n1. The van der Waals surface area contributed by atoms with E-state index in [0.29, 0.717) is 29.4 Å². The number of halogens is 1. The number of carbonyl (C=O) groups is 1. The van der Waals surface area contributed by atoms with Crippen LogP contribution in [0.15, 0.2) is 17.5 Å². The van der Waals surface area contributed by atoms with Gasteiger partial charge in [-0.15, -0.1) is 11.3 Å². The molecule has 0 spiro atoms. The number of unbranched alkanes of at least 4 members (excludes halogenated alkanes) is 2. The largest absolute Gasteiger partial charge is 0.469 e. The van der Waals surface area contributed by atoms with Crippen molar-refractivity contribution in [3.63, 3.8) is 0 Å². The lowest BCUT2D eigenvalue weighted by Crippen LogP contribution is -2.31. The van der Waals surface area contributed by atoms with Gasteiger partial charge in [-0.2, -0.15) is 0 Å². The van der Waals surface area contributed by atoms with Gasteiger partial charge >= 0.3 is 5.97 Å². The van der Waals surface area contributed by atoms with E-state index in [2.05, 4.69) is 28.7 Å². The van der Waals surface area contributed by atoms with Crippen molar-refractivity contribution in [2.75, 3.05) is 7.11 Å². The summed E-state index contributed by atoms with van der Waals surface area (Å²) < 4.78 is 6.88. The fourth-order valence-electron chi connectivity index (χ4n) is 2.91. The number of thiophene rings is 1. The molecule has 3 aromatic rings. The van der Waals surface area contributed by atoms with Crippen LogP contribution in [0.2, 0.25) is 5.15 Å². The summed E-state index contributed by atoms with van der Waals surface area (Å²) in [7, 11) is 1.39. The number of nitrogens with zero attached hydrogens (tertiary/aromatic N) is 4. The molecular weight excluding hydrogens is 408 g/mol. The average molecular weight is 431 g/mol. The van der Waals surface area contributed by atoms with Gasteiger partial charge in [-0.3, -0.25) is 4.79 Å². The normalized spacial score (nSPS) is 11.3. The second-order valence-corrected chi connectivity index (χ2v) is 8.60. The van der Waals surface area contributed by atoms with Crippen LogP contribution in [-0.2, 0) is 16.1 Å². The van der Waals surface area contributed by atoms with Crippen molar-refractivity contribution in [3.05, 3.63) is 28.5 Å². The molecule has 0 unspecified atom stereocenters. The highest BCUT2D eigenvalue weighted by molar-refractivity contribution is 7.13. The third-order valence-electron chi connectivity index (χ3n) is 4.44. The van der Waals surface area contributed by atoms with E-state index in [9.17, 15) is 4.79 Å². The Morgan fingerprint density at radius 1 is 1.34 bits per heavy atom. The molecule has 29 heavy (non-hydrogen) atoms. The third kappa shape index (κ3) is 4.60. The zero-order valence-corrected chi connectivity index (χ0v) is 18.5. The summed E-state index contributed by atoms with van der Waals surface area (Å²) in [5, 5.41) is 2.23. The van der Waals surface area contributed by atoms with Crippen molar-refractivity contribution < 1.29 is 9.53 Å². The summed E-state index contributed by atoms with van der Waals surface area (Å²) in [6.07, 6.45) is 2.89. The molecule has 3 aromatic heterocycles. The molecule has 0 saturated heterocycles. The maximum Gasteiger partial charge on any atom is 0.313 e. The predicted octanol–water partition coefficient (Wildman–Crippen LogP) is 4.95. The lowest BCUT2D eigenvalue weighted by Gasteiger charge is -2.23. The quantitative estimate of drug-likeness (QED) is 0.239. The zero-order chi connectivity index (χ0) is 21.0. The fraction of sp³-hybridized carbons (Fsp3) is 0.429. The number of carbonyl (C=O) groups excluding carboxylic acids is 1. The minimum absolute atomic E-state index is 0.252. The first kappa shape index (κ1) is 21.3. The molecule has 8 heteroatoms. The van der Waals surface area contributed by atoms with E-state index in [1.54, 1.807) is 11.3 Å². The number of rotatable bonds is 6. The summed E-state index contributed by atoms with van der Waals surface area (Å²) >= 11 is 7.98. The first-order valence-corrected chi connectivity index (χ1v) is 10.7. The van der Waals surface area contributed by atoms with Crippen LogP contribution in [0.5, 0.6) is 0 Å². The van der Waals surface area contributed by atoms with Crippen LogP contribution in [0.25, 0.3) is 21.9 Å². The number of esters is 1. The van der Waals surface area contributed by atoms with Crippen molar-refractivity contribution in [3.8, 4) is 22.5 Å². The predicted molar refractivity (Wildman–Crippen MR) is 116 cm³/mol. The summed E-state index contributed by atoms with van der Waals surface area (Å²) in [6, 6.07) is 3.92. The van der Waals surface area contributed by atoms with Gasteiger partial charge in [0.05, 0.1) is 17.4 Å². The van der Waals surface area contributed by atoms with E-state index in [-0.39, 0.29) is 11.1 Å². The lowest BCUT2D eigenvalue weighted by molar-refractivity contribution is -0.151. The molecule has 0 aliphatic heterocycles. The van der Waals surface area contributed by atoms with Crippen molar-refractivity contribution in [1.82, 2.24) is 19.5 Å². The van der Waals surface area contributed by atoms with Gasteiger partial charge in [-0.25, -0.2) is 15.0 Å². The van der Waals surface area contributed by atoms with Crippen LogP contribution < -0.4 is 0 Å². The van der Waals surface area contributed by atoms with Crippen LogP contribution in [0.4, 0.5) is 0 Å². The summed E-state index contributed by atoms with van der Waals surface area (Å²) in [5.74, 6) is 6.82. The Bertz CT molecular complexity index is 1080. The van der Waals surface area contributed by atoms with Gasteiger partial charge in [-0.1, -0.05) is 36.9 Å². The van der Waals surface area contributed by atoms with Crippen LogP contribution in [0.1, 0.15) is 45.9 Å². The van der Waals surface area contributed by atoms with E-state index < -0.39 is 5.41 Å². The molecular formula is C21H23ClN4O2S. The molecule has 3 heterocycles. The first-order valence-electron chi connectivity index (χ1n) is 9.42. The highest BCUT2D eigenvalue weighted by Crippen LogP contribution is 2.33. The van der Waals surface area contributed by atoms with E-state index in [0.717, 1.165) is 24.1 Å². The number of hydrogen-bond acceptors (Lipinski definition) is 6. The van der Waals surface area contributed by atoms with E-state index in [1.807, 2.05) is 35.9 Å². The topological polar surface area (TPSA) is 69.9 Å². The molecule has 0 radical (unpaired) electrons. The number of aromatic nitrogens is 4. The Labute approximate surface area is 179 Å². The third-order valence-corrected chi connectivity index (χ3v) is 5.57. The number of methoxy groups -OCH3 is 1. The van der Waals surface area contributed by atoms with Crippen molar-refractivity contribution in [2.45, 2.75) is 46.6 Å². The second kappa shape index (κ2) is 8.93. The molecule has 0 amide bonds. The molecule has 0 fully saturated rings. The number of hydrogen-bond donors (Lipinski definition) is 0. The van der Waals surface area contributed by atoms with Gasteiger partial charge in [0, 0.05) is 13.0 Å². The van der Waals surface area contributed by atoms with Gasteiger partial charge in [0.15, 0.2) is 16.6 Å². The van der Waals surface area contributed by atoms with E-state index >= 15 is 0 Å². The minimum Gasteiger partial charge on any atom is -0.469 e. The molecule has 0 atom stereocenters. The molecule has 6 nitrogen and oxygen atoms in total. The van der Waals surface area contributed by atoms with Gasteiger partial charge in [0.25, 0.3) is 0 Å². The lowest BCUT2D eigenvalue weighted by atomic mass is 9.93. The maximum atomic E-state index is 12.3. The Kier molecular flexibility index (Phi) is 6.56. The van der Waals surface area contributed by atoms with Crippen LogP contribution in [0.3, 0.4) is 0 Å². The van der Waals surface area contributed by atoms with E-state index in [4.69, 9.17) is 21.3 Å². The Balaban J connectivity index is 2.15. The summed E-state index contributed by atoms with van der Waals surface area (Å²) in [4.78, 5) is 26.9. The van der Waals surface area contributed by atoms with Gasteiger partial charge < -0.3 is 9.30 Å². The molecule has 0 aromatic carbocycles. The number of ether oxygens (including phenoxy) is 1. The highest BCUT2D eigenvalue weighted by atomic mass is 35.5. The molecule has 0 N–H and O–H groups in total. The Morgan fingerprint density at radius 3 is 2.79 bits per heavy atom. The molecule has 3 rings (SSSR count). The summed E-state index contributed by atoms with van der Waals surface area (Å²) in [5.41, 5.74) is 0.277. The molecule has 0 bridgehead atoms. The molecule has 152 valence electrons. The van der Waals surface area contributed by atoms with Gasteiger partial charge in [0.1, 0.15) is 5.52 Å².